The zero-order valence-corrected chi connectivity index (χ0v) is 14.4. The first kappa shape index (κ1) is 16.5. The number of hydrogen-bond donors (Lipinski definition) is 0. The molecule has 25 heavy (non-hydrogen) atoms. The molecule has 2 atom stereocenters. The Labute approximate surface area is 146 Å². The Kier molecular flexibility index (Phi) is 4.72. The van der Waals surface area contributed by atoms with Crippen LogP contribution in [0, 0.1) is 0 Å². The van der Waals surface area contributed by atoms with Crippen LogP contribution in [0.5, 0.6) is 0 Å². The van der Waals surface area contributed by atoms with Gasteiger partial charge in [-0.1, -0.05) is 5.16 Å². The molecule has 0 N–H and O–H groups in total. The third-order valence-corrected chi connectivity index (χ3v) is 4.83. The Morgan fingerprint density at radius 1 is 1.32 bits per heavy atom. The van der Waals surface area contributed by atoms with E-state index in [0.717, 1.165) is 30.8 Å². The largest absolute Gasteiger partial charge is 0.338 e. The monoisotopic (exact) mass is 346 g/mol. The molecule has 4 rings (SSSR count). The van der Waals surface area contributed by atoms with Crippen LogP contribution in [-0.2, 0) is 13.1 Å². The summed E-state index contributed by atoms with van der Waals surface area (Å²) >= 11 is 0. The number of hydrogen-bond acceptors (Lipinski definition) is 7. The number of likely N-dealkylation sites (tertiary alicyclic amines) is 1. The van der Waals surface area contributed by atoms with Gasteiger partial charge in [-0.3, -0.25) is 9.80 Å². The number of alkyl halides is 1. The molecule has 1 aliphatic carbocycles. The minimum atomic E-state index is -0.784. The Hall–Kier alpha value is -1.93. The molecule has 2 aromatic heterocycles. The van der Waals surface area contributed by atoms with E-state index in [1.165, 1.54) is 6.33 Å². The first-order valence-electron chi connectivity index (χ1n) is 8.80. The molecular weight excluding hydrogens is 323 g/mol. The van der Waals surface area contributed by atoms with Crippen LogP contribution in [0.3, 0.4) is 0 Å². The van der Waals surface area contributed by atoms with Gasteiger partial charge in [0.2, 0.25) is 5.89 Å². The Morgan fingerprint density at radius 3 is 2.88 bits per heavy atom. The molecule has 2 fully saturated rings. The van der Waals surface area contributed by atoms with Gasteiger partial charge in [-0.25, -0.2) is 14.4 Å². The Morgan fingerprint density at radius 2 is 2.12 bits per heavy atom. The van der Waals surface area contributed by atoms with Crippen LogP contribution >= 0.6 is 0 Å². The van der Waals surface area contributed by atoms with E-state index in [9.17, 15) is 4.39 Å². The summed E-state index contributed by atoms with van der Waals surface area (Å²) < 4.78 is 19.3. The maximum Gasteiger partial charge on any atom is 0.240 e. The molecular formula is C17H23FN6O. The van der Waals surface area contributed by atoms with Gasteiger partial charge in [0.25, 0.3) is 0 Å². The normalized spacial score (nSPS) is 24.3. The minimum Gasteiger partial charge on any atom is -0.338 e. The topological polar surface area (TPSA) is 71.2 Å². The van der Waals surface area contributed by atoms with Gasteiger partial charge in [0, 0.05) is 49.6 Å². The first-order valence-corrected chi connectivity index (χ1v) is 8.80. The summed E-state index contributed by atoms with van der Waals surface area (Å²) in [6.45, 7) is 2.48. The molecule has 0 aromatic carbocycles. The van der Waals surface area contributed by atoms with Gasteiger partial charge in [-0.2, -0.15) is 4.98 Å². The highest BCUT2D eigenvalue weighted by Gasteiger charge is 2.33. The van der Waals surface area contributed by atoms with E-state index in [4.69, 9.17) is 4.52 Å². The summed E-state index contributed by atoms with van der Waals surface area (Å²) in [5, 5.41) is 4.05. The van der Waals surface area contributed by atoms with Crippen molar-refractivity contribution >= 4 is 0 Å². The van der Waals surface area contributed by atoms with E-state index in [0.29, 0.717) is 37.9 Å². The number of halogens is 1. The molecule has 0 spiro atoms. The van der Waals surface area contributed by atoms with E-state index in [1.54, 1.807) is 12.4 Å². The molecule has 0 bridgehead atoms. The smallest absolute Gasteiger partial charge is 0.240 e. The maximum absolute atomic E-state index is 14.0. The van der Waals surface area contributed by atoms with Crippen molar-refractivity contribution in [2.24, 2.45) is 0 Å². The highest BCUT2D eigenvalue weighted by Crippen LogP contribution is 2.38. The second-order valence-corrected chi connectivity index (χ2v) is 7.18. The van der Waals surface area contributed by atoms with Crippen molar-refractivity contribution in [2.75, 3.05) is 20.1 Å². The van der Waals surface area contributed by atoms with E-state index >= 15 is 0 Å². The van der Waals surface area contributed by atoms with Crippen molar-refractivity contribution in [3.63, 3.8) is 0 Å². The predicted molar refractivity (Wildman–Crippen MR) is 88.4 cm³/mol. The molecule has 0 radical (unpaired) electrons. The van der Waals surface area contributed by atoms with Gasteiger partial charge >= 0.3 is 0 Å². The molecule has 0 amide bonds. The molecule has 1 saturated carbocycles. The van der Waals surface area contributed by atoms with E-state index in [2.05, 4.69) is 29.9 Å². The van der Waals surface area contributed by atoms with Gasteiger partial charge in [-0.15, -0.1) is 0 Å². The van der Waals surface area contributed by atoms with Crippen LogP contribution in [0.25, 0.3) is 0 Å². The fraction of sp³-hybridized carbons (Fsp3) is 0.647. The van der Waals surface area contributed by atoms with Gasteiger partial charge < -0.3 is 4.52 Å². The van der Waals surface area contributed by atoms with Crippen LogP contribution in [-0.4, -0.2) is 62.3 Å². The summed E-state index contributed by atoms with van der Waals surface area (Å²) in [6.07, 6.45) is 7.17. The average molecular weight is 346 g/mol. The standard InChI is InChI=1S/C17H23FN6O/c1-23(10-16-21-17(22-25-16)13-2-3-13)9-15-4-14(18)8-24(15)7-12-5-19-11-20-6-12/h5-6,11,13-15H,2-4,7-10H2,1H3/t14-,15-/m0/s1. The number of likely N-dealkylation sites (N-methyl/N-ethyl adjacent to an activating group) is 1. The minimum absolute atomic E-state index is 0.158. The molecule has 8 heteroatoms. The lowest BCUT2D eigenvalue weighted by Gasteiger charge is -2.27. The van der Waals surface area contributed by atoms with Gasteiger partial charge in [0.15, 0.2) is 5.82 Å². The quantitative estimate of drug-likeness (QED) is 0.757. The van der Waals surface area contributed by atoms with Gasteiger partial charge in [0.05, 0.1) is 6.54 Å². The molecule has 1 aliphatic heterocycles. The molecule has 1 saturated heterocycles. The fourth-order valence-electron chi connectivity index (χ4n) is 3.45. The van der Waals surface area contributed by atoms with Crippen LogP contribution in [0.15, 0.2) is 23.2 Å². The van der Waals surface area contributed by atoms with Gasteiger partial charge in [-0.05, 0) is 26.3 Å². The van der Waals surface area contributed by atoms with Crippen LogP contribution in [0.4, 0.5) is 4.39 Å². The zero-order chi connectivity index (χ0) is 17.2. The third kappa shape index (κ3) is 4.19. The SMILES string of the molecule is CN(Cc1nc(C2CC2)no1)C[C@@H]1C[C@H](F)CN1Cc1cncnc1. The summed E-state index contributed by atoms with van der Waals surface area (Å²) in [5.74, 6) is 1.97. The molecule has 0 unspecified atom stereocenters. The van der Waals surface area contributed by atoms with Crippen molar-refractivity contribution in [3.05, 3.63) is 36.0 Å². The first-order chi connectivity index (χ1) is 12.2. The molecule has 2 aromatic rings. The molecule has 2 aliphatic rings. The Balaban J connectivity index is 1.34. The molecule has 7 nitrogen and oxygen atoms in total. The fourth-order valence-corrected chi connectivity index (χ4v) is 3.45. The third-order valence-electron chi connectivity index (χ3n) is 4.83. The predicted octanol–water partition coefficient (Wildman–Crippen LogP) is 1.78. The molecule has 134 valence electrons. The summed E-state index contributed by atoms with van der Waals surface area (Å²) in [7, 11) is 2.01. The van der Waals surface area contributed by atoms with E-state index < -0.39 is 6.17 Å². The van der Waals surface area contributed by atoms with Gasteiger partial charge in [0.1, 0.15) is 12.5 Å². The van der Waals surface area contributed by atoms with Crippen LogP contribution in [0.2, 0.25) is 0 Å². The van der Waals surface area contributed by atoms with Crippen molar-refractivity contribution in [2.45, 2.75) is 50.5 Å². The van der Waals surface area contributed by atoms with E-state index in [1.807, 2.05) is 7.05 Å². The summed E-state index contributed by atoms with van der Waals surface area (Å²) in [4.78, 5) is 16.8. The lowest BCUT2D eigenvalue weighted by atomic mass is 10.2. The molecule has 3 heterocycles. The van der Waals surface area contributed by atoms with Crippen molar-refractivity contribution < 1.29 is 8.91 Å². The number of rotatable bonds is 7. The van der Waals surface area contributed by atoms with Crippen LogP contribution in [0.1, 0.15) is 42.5 Å². The van der Waals surface area contributed by atoms with Crippen molar-refractivity contribution in [1.82, 2.24) is 29.9 Å². The Bertz CT molecular complexity index is 691. The second-order valence-electron chi connectivity index (χ2n) is 7.18. The zero-order valence-electron chi connectivity index (χ0n) is 14.4. The maximum atomic E-state index is 14.0. The second kappa shape index (κ2) is 7.13. The van der Waals surface area contributed by atoms with E-state index in [-0.39, 0.29) is 6.04 Å². The van der Waals surface area contributed by atoms with Crippen LogP contribution < -0.4 is 0 Å². The average Bonchev–Trinajstić information content (AvgIpc) is 3.25. The summed E-state index contributed by atoms with van der Waals surface area (Å²) in [5.41, 5.74) is 1.01. The lowest BCUT2D eigenvalue weighted by Crippen LogP contribution is -2.38. The highest BCUT2D eigenvalue weighted by molar-refractivity contribution is 5.05. The number of nitrogens with zero attached hydrogens (tertiary/aromatic N) is 6. The van der Waals surface area contributed by atoms with Crippen molar-refractivity contribution in [3.8, 4) is 0 Å². The number of aromatic nitrogens is 4. The summed E-state index contributed by atoms with van der Waals surface area (Å²) in [6, 6.07) is 0.158. The lowest BCUT2D eigenvalue weighted by molar-refractivity contribution is 0.170. The highest BCUT2D eigenvalue weighted by atomic mass is 19.1. The van der Waals surface area contributed by atoms with Crippen molar-refractivity contribution in [1.29, 1.82) is 0 Å².